The summed E-state index contributed by atoms with van der Waals surface area (Å²) >= 11 is 0. The summed E-state index contributed by atoms with van der Waals surface area (Å²) in [5.41, 5.74) is 5.20. The van der Waals surface area contributed by atoms with Crippen molar-refractivity contribution in [1.82, 2.24) is 14.7 Å². The fourth-order valence-corrected chi connectivity index (χ4v) is 5.34. The number of carbonyl (C=O) groups is 1. The first-order valence-corrected chi connectivity index (χ1v) is 12.9. The first-order valence-electron chi connectivity index (χ1n) is 12.9. The Hall–Kier alpha value is -2.37. The van der Waals surface area contributed by atoms with E-state index in [4.69, 9.17) is 0 Å². The van der Waals surface area contributed by atoms with Crippen LogP contribution in [0.2, 0.25) is 0 Å². The second kappa shape index (κ2) is 10.3. The van der Waals surface area contributed by atoms with Gasteiger partial charge in [0.2, 0.25) is 5.91 Å². The van der Waals surface area contributed by atoms with E-state index in [0.717, 1.165) is 64.8 Å². The monoisotopic (exact) mass is 446 g/mol. The normalized spacial score (nSPS) is 20.6. The van der Waals surface area contributed by atoms with Gasteiger partial charge in [-0.25, -0.2) is 0 Å². The highest BCUT2D eigenvalue weighted by atomic mass is 16.2. The third-order valence-corrected chi connectivity index (χ3v) is 7.92. The lowest BCUT2D eigenvalue weighted by Gasteiger charge is -2.43. The highest BCUT2D eigenvalue weighted by Gasteiger charge is 2.30. The van der Waals surface area contributed by atoms with Gasteiger partial charge in [0, 0.05) is 64.1 Å². The molecule has 2 aliphatic heterocycles. The molecule has 2 saturated heterocycles. The molecule has 5 rings (SSSR count). The van der Waals surface area contributed by atoms with Crippen molar-refractivity contribution < 1.29 is 4.79 Å². The molecule has 1 saturated carbocycles. The Bertz CT molecular complexity index is 906. The van der Waals surface area contributed by atoms with Crippen LogP contribution in [0.5, 0.6) is 0 Å². The number of nitrogens with zero attached hydrogens (tertiary/aromatic N) is 4. The van der Waals surface area contributed by atoms with E-state index in [1.165, 1.54) is 41.6 Å². The van der Waals surface area contributed by atoms with Gasteiger partial charge in [0.15, 0.2) is 0 Å². The van der Waals surface area contributed by atoms with Crippen LogP contribution in [0.4, 0.5) is 5.69 Å². The average Bonchev–Trinajstić information content (AvgIpc) is 2.84. The molecule has 2 aromatic carbocycles. The zero-order chi connectivity index (χ0) is 22.6. The van der Waals surface area contributed by atoms with Crippen LogP contribution in [0, 0.1) is 0 Å². The van der Waals surface area contributed by atoms with Crippen molar-refractivity contribution in [1.29, 1.82) is 0 Å². The maximum absolute atomic E-state index is 12.8. The van der Waals surface area contributed by atoms with Gasteiger partial charge in [-0.05, 0) is 48.1 Å². The van der Waals surface area contributed by atoms with Gasteiger partial charge in [-0.3, -0.25) is 14.6 Å². The van der Waals surface area contributed by atoms with Crippen molar-refractivity contribution in [3.05, 3.63) is 54.1 Å². The average molecular weight is 447 g/mol. The van der Waals surface area contributed by atoms with Crippen LogP contribution in [0.15, 0.2) is 48.5 Å². The van der Waals surface area contributed by atoms with Crippen LogP contribution in [0.3, 0.4) is 0 Å². The number of hydrogen-bond acceptors (Lipinski definition) is 4. The molecule has 3 aliphatic rings. The van der Waals surface area contributed by atoms with Gasteiger partial charge in [-0.15, -0.1) is 0 Å². The van der Waals surface area contributed by atoms with E-state index < -0.39 is 0 Å². The van der Waals surface area contributed by atoms with E-state index in [1.54, 1.807) is 0 Å². The van der Waals surface area contributed by atoms with Gasteiger partial charge in [0.1, 0.15) is 0 Å². The minimum absolute atomic E-state index is 0.315. The maximum Gasteiger partial charge on any atom is 0.236 e. The fraction of sp³-hybridized carbons (Fsp3) is 0.536. The molecule has 1 aliphatic carbocycles. The Morgan fingerprint density at radius 2 is 1.39 bits per heavy atom. The Balaban J connectivity index is 1.08. The van der Waals surface area contributed by atoms with Crippen LogP contribution in [-0.2, 0) is 11.2 Å². The third-order valence-electron chi connectivity index (χ3n) is 7.92. The summed E-state index contributed by atoms with van der Waals surface area (Å²) in [4.78, 5) is 22.3. The molecule has 1 amide bonds. The second-order valence-corrected chi connectivity index (χ2v) is 9.86. The molecule has 5 heteroatoms. The summed E-state index contributed by atoms with van der Waals surface area (Å²) in [6.07, 6.45) is 5.17. The van der Waals surface area contributed by atoms with E-state index in [2.05, 4.69) is 75.1 Å². The maximum atomic E-state index is 12.8. The zero-order valence-electron chi connectivity index (χ0n) is 20.1. The molecule has 5 nitrogen and oxygen atoms in total. The highest BCUT2D eigenvalue weighted by molar-refractivity contribution is 5.78. The largest absolute Gasteiger partial charge is 0.369 e. The first kappa shape index (κ1) is 22.4. The summed E-state index contributed by atoms with van der Waals surface area (Å²) in [5.74, 6) is 0.315. The van der Waals surface area contributed by atoms with E-state index in [0.29, 0.717) is 12.5 Å². The van der Waals surface area contributed by atoms with Crippen molar-refractivity contribution in [2.75, 3.05) is 63.8 Å². The molecular weight excluding hydrogens is 408 g/mol. The van der Waals surface area contributed by atoms with Gasteiger partial charge in [0.25, 0.3) is 0 Å². The van der Waals surface area contributed by atoms with Crippen LogP contribution < -0.4 is 4.90 Å². The summed E-state index contributed by atoms with van der Waals surface area (Å²) < 4.78 is 0. The van der Waals surface area contributed by atoms with E-state index in [-0.39, 0.29) is 0 Å². The number of benzene rings is 2. The molecule has 0 atom stereocenters. The summed E-state index contributed by atoms with van der Waals surface area (Å²) in [5, 5.41) is 0. The van der Waals surface area contributed by atoms with Gasteiger partial charge in [-0.1, -0.05) is 49.7 Å². The van der Waals surface area contributed by atoms with Crippen molar-refractivity contribution in [2.45, 2.75) is 38.6 Å². The highest BCUT2D eigenvalue weighted by Crippen LogP contribution is 2.26. The van der Waals surface area contributed by atoms with E-state index in [9.17, 15) is 4.79 Å². The molecule has 33 heavy (non-hydrogen) atoms. The van der Waals surface area contributed by atoms with Gasteiger partial charge >= 0.3 is 0 Å². The van der Waals surface area contributed by atoms with Crippen LogP contribution >= 0.6 is 0 Å². The number of carbonyl (C=O) groups excluding carboxylic acids is 1. The summed E-state index contributed by atoms with van der Waals surface area (Å²) in [7, 11) is 0. The smallest absolute Gasteiger partial charge is 0.236 e. The van der Waals surface area contributed by atoms with Crippen LogP contribution in [0.1, 0.15) is 31.7 Å². The van der Waals surface area contributed by atoms with Gasteiger partial charge in [-0.2, -0.15) is 0 Å². The molecule has 0 unspecified atom stereocenters. The molecule has 176 valence electrons. The van der Waals surface area contributed by atoms with Crippen LogP contribution in [0.25, 0.3) is 11.1 Å². The van der Waals surface area contributed by atoms with Gasteiger partial charge in [0.05, 0.1) is 6.54 Å². The zero-order valence-corrected chi connectivity index (χ0v) is 20.1. The summed E-state index contributed by atoms with van der Waals surface area (Å²) in [6, 6.07) is 18.6. The van der Waals surface area contributed by atoms with Crippen molar-refractivity contribution in [2.24, 2.45) is 0 Å². The van der Waals surface area contributed by atoms with Crippen LogP contribution in [-0.4, -0.2) is 85.6 Å². The minimum Gasteiger partial charge on any atom is -0.369 e. The Labute approximate surface area is 199 Å². The Morgan fingerprint density at radius 3 is 1.94 bits per heavy atom. The minimum atomic E-state index is 0.315. The number of hydrogen-bond donors (Lipinski definition) is 0. The first-order chi connectivity index (χ1) is 16.2. The number of rotatable bonds is 6. The lowest BCUT2D eigenvalue weighted by Crippen LogP contribution is -2.56. The molecule has 2 aromatic rings. The number of anilines is 1. The quantitative estimate of drug-likeness (QED) is 0.676. The lowest BCUT2D eigenvalue weighted by molar-refractivity contribution is -0.134. The van der Waals surface area contributed by atoms with Gasteiger partial charge < -0.3 is 9.80 Å². The molecular formula is C28H38N4O. The molecule has 2 heterocycles. The molecule has 0 radical (unpaired) electrons. The predicted molar refractivity (Wildman–Crippen MR) is 136 cm³/mol. The number of amides is 1. The standard InChI is InChI=1S/C28H38N4O/c1-2-23-6-8-24(9-7-23)25-10-12-27(13-11-25)30-16-14-29(15-17-30)22-28(33)32-20-18-31(19-21-32)26-4-3-5-26/h6-13,26H,2-5,14-22H2,1H3. The number of piperazine rings is 2. The molecule has 0 aromatic heterocycles. The SMILES string of the molecule is CCc1ccc(-c2ccc(N3CCN(CC(=O)N4CCN(C5CCC5)CC4)CC3)cc2)cc1. The molecule has 0 bridgehead atoms. The van der Waals surface area contributed by atoms with Crippen molar-refractivity contribution in [3.63, 3.8) is 0 Å². The Morgan fingerprint density at radius 1 is 0.788 bits per heavy atom. The predicted octanol–water partition coefficient (Wildman–Crippen LogP) is 3.73. The molecule has 0 spiro atoms. The van der Waals surface area contributed by atoms with E-state index >= 15 is 0 Å². The van der Waals surface area contributed by atoms with Crippen molar-refractivity contribution in [3.8, 4) is 11.1 Å². The molecule has 0 N–H and O–H groups in total. The summed E-state index contributed by atoms with van der Waals surface area (Å²) in [6.45, 7) is 10.6. The Kier molecular flexibility index (Phi) is 6.98. The van der Waals surface area contributed by atoms with E-state index in [1.807, 2.05) is 0 Å². The van der Waals surface area contributed by atoms with Crippen molar-refractivity contribution >= 4 is 11.6 Å². The number of aryl methyl sites for hydroxylation is 1. The molecule has 3 fully saturated rings. The third kappa shape index (κ3) is 5.25. The second-order valence-electron chi connectivity index (χ2n) is 9.86. The topological polar surface area (TPSA) is 30.0 Å². The fourth-order valence-electron chi connectivity index (χ4n) is 5.34. The lowest BCUT2D eigenvalue weighted by atomic mass is 9.91.